The van der Waals surface area contributed by atoms with Gasteiger partial charge in [0.2, 0.25) is 0 Å². The summed E-state index contributed by atoms with van der Waals surface area (Å²) >= 11 is 0. The molecule has 0 aromatic rings. The Morgan fingerprint density at radius 3 is 2.33 bits per heavy atom. The molecule has 1 spiro atoms. The molecule has 10 fully saturated rings. The maximum Gasteiger partial charge on any atom is 0.172 e. The molecule has 10 saturated heterocycles. The average molecular weight is 715 g/mol. The van der Waals surface area contributed by atoms with Crippen LogP contribution in [-0.2, 0) is 42.7 Å². The van der Waals surface area contributed by atoms with Crippen molar-refractivity contribution in [2.75, 3.05) is 6.61 Å². The van der Waals surface area contributed by atoms with Gasteiger partial charge in [-0.1, -0.05) is 27.0 Å². The number of ether oxygens (including phenoxy) is 8. The van der Waals surface area contributed by atoms with E-state index in [0.29, 0.717) is 44.4 Å². The minimum atomic E-state index is -0.872. The van der Waals surface area contributed by atoms with Gasteiger partial charge in [0.05, 0.1) is 67.6 Å². The third-order valence-electron chi connectivity index (χ3n) is 14.1. The molecule has 12 bridgehead atoms. The first-order chi connectivity index (χ1) is 24.6. The molecule has 11 heteroatoms. The van der Waals surface area contributed by atoms with Crippen molar-refractivity contribution in [2.45, 2.75) is 195 Å². The lowest BCUT2D eigenvalue weighted by molar-refractivity contribution is -0.292. The number of carbonyl (C=O) groups is 1. The second-order valence-electron chi connectivity index (χ2n) is 17.5. The van der Waals surface area contributed by atoms with Crippen molar-refractivity contribution in [2.24, 2.45) is 17.8 Å². The number of carbonyl (C=O) groups excluding carboxylic acids is 1. The average Bonchev–Trinajstić information content (AvgIpc) is 3.77. The monoisotopic (exact) mass is 714 g/mol. The van der Waals surface area contributed by atoms with E-state index >= 15 is 0 Å². The van der Waals surface area contributed by atoms with E-state index < -0.39 is 11.9 Å². The first-order valence-electron chi connectivity index (χ1n) is 20.0. The maximum absolute atomic E-state index is 14.0. The topological polar surface area (TPSA) is 131 Å². The molecule has 11 nitrogen and oxygen atoms in total. The highest BCUT2D eigenvalue weighted by Crippen LogP contribution is 2.54. The Kier molecular flexibility index (Phi) is 9.59. The Hall–Kier alpha value is -1.25. The fourth-order valence-electron chi connectivity index (χ4n) is 11.3. The van der Waals surface area contributed by atoms with Crippen LogP contribution in [0.4, 0.5) is 0 Å². The SMILES string of the molecule is C=C1CC2CC[C@@]34C[C@H]5O[C@H]6C(O3)[C@H]3O[C@H](CC[C@@H]3O[C@H]6[C@H]5O4)CC(=O)C[C@H]3C(C[C@H]4OC(CC[C@@H]1O2)C[C@@H](C)C4=C)O[C@H](CC(O)CO)[C@@H]3C. The molecule has 0 aliphatic carbocycles. The Labute approximate surface area is 301 Å². The quantitative estimate of drug-likeness (QED) is 0.410. The van der Waals surface area contributed by atoms with Crippen LogP contribution in [0.3, 0.4) is 0 Å². The molecule has 10 heterocycles. The normalized spacial score (nSPS) is 53.2. The summed E-state index contributed by atoms with van der Waals surface area (Å²) in [4.78, 5) is 14.0. The summed E-state index contributed by atoms with van der Waals surface area (Å²) in [5, 5.41) is 20.0. The van der Waals surface area contributed by atoms with E-state index in [1.165, 1.54) is 0 Å². The number of Topliss-reactive ketones (excluding diaryl/α,β-unsaturated/α-hetero) is 1. The van der Waals surface area contributed by atoms with Gasteiger partial charge in [-0.25, -0.2) is 0 Å². The molecule has 0 saturated carbocycles. The van der Waals surface area contributed by atoms with Gasteiger partial charge in [-0.05, 0) is 73.8 Å². The number of aliphatic hydroxyl groups is 2. The molecule has 5 unspecified atom stereocenters. The molecule has 10 aliphatic heterocycles. The summed E-state index contributed by atoms with van der Waals surface area (Å²) in [6.07, 6.45) is 5.65. The summed E-state index contributed by atoms with van der Waals surface area (Å²) < 4.78 is 53.9. The molecule has 51 heavy (non-hydrogen) atoms. The number of rotatable bonds is 3. The predicted molar refractivity (Wildman–Crippen MR) is 183 cm³/mol. The lowest BCUT2D eigenvalue weighted by Crippen LogP contribution is -2.61. The van der Waals surface area contributed by atoms with E-state index in [9.17, 15) is 15.0 Å². The van der Waals surface area contributed by atoms with Crippen LogP contribution in [0.15, 0.2) is 24.3 Å². The third-order valence-corrected chi connectivity index (χ3v) is 14.1. The van der Waals surface area contributed by atoms with E-state index in [1.54, 1.807) is 0 Å². The Morgan fingerprint density at radius 1 is 0.745 bits per heavy atom. The fraction of sp³-hybridized carbons (Fsp3) is 0.875. The van der Waals surface area contributed by atoms with E-state index in [2.05, 4.69) is 27.0 Å². The van der Waals surface area contributed by atoms with Gasteiger partial charge >= 0.3 is 0 Å². The lowest BCUT2D eigenvalue weighted by Gasteiger charge is -2.47. The van der Waals surface area contributed by atoms with Crippen LogP contribution in [0, 0.1) is 17.8 Å². The standard InChI is InChI=1S/C40H58O11/c1-19-11-25-5-7-29-20(2)12-27(44-29)9-10-40-17-34-36(50-40)37-38(49-34)39(51-40)35-30(48-37)8-6-26(46-35)13-23(42)14-28-22(4)31(15-24(43)18-41)47-33(28)16-32(45-25)21(19)3/h19,22,24-39,41,43H,2-3,5-18H2,1,4H3/t19-,22-,24?,25?,26-,27?,28-,29+,30+,31-,32-,33?,34-,35+,36+,37+,38-,39?,40+/m1/s1. The number of hydrogen-bond donors (Lipinski definition) is 2. The zero-order valence-electron chi connectivity index (χ0n) is 30.3. The fourth-order valence-corrected chi connectivity index (χ4v) is 11.3. The van der Waals surface area contributed by atoms with Gasteiger partial charge in [0.15, 0.2) is 5.79 Å². The first-order valence-corrected chi connectivity index (χ1v) is 20.0. The smallest absolute Gasteiger partial charge is 0.172 e. The van der Waals surface area contributed by atoms with E-state index in [-0.39, 0.29) is 110 Å². The number of aliphatic hydroxyl groups excluding tert-OH is 2. The number of fused-ring (bicyclic) bond motifs is 6. The first kappa shape index (κ1) is 35.5. The minimum Gasteiger partial charge on any atom is -0.394 e. The highest BCUT2D eigenvalue weighted by Gasteiger charge is 2.68. The van der Waals surface area contributed by atoms with Gasteiger partial charge in [-0.2, -0.15) is 0 Å². The van der Waals surface area contributed by atoms with Crippen molar-refractivity contribution in [1.82, 2.24) is 0 Å². The Bertz CT molecular complexity index is 1360. The highest BCUT2D eigenvalue weighted by molar-refractivity contribution is 5.79. The minimum absolute atomic E-state index is 0.00894. The van der Waals surface area contributed by atoms with Crippen molar-refractivity contribution >= 4 is 5.78 Å². The molecular formula is C40H58O11. The van der Waals surface area contributed by atoms with Gasteiger partial charge in [-0.3, -0.25) is 4.79 Å². The highest BCUT2D eigenvalue weighted by atomic mass is 16.8. The molecule has 0 aromatic heterocycles. The van der Waals surface area contributed by atoms with E-state index in [1.807, 2.05) is 0 Å². The zero-order valence-corrected chi connectivity index (χ0v) is 30.3. The molecule has 284 valence electrons. The van der Waals surface area contributed by atoms with Crippen LogP contribution < -0.4 is 0 Å². The van der Waals surface area contributed by atoms with Crippen molar-refractivity contribution in [3.05, 3.63) is 24.3 Å². The molecular weight excluding hydrogens is 656 g/mol. The van der Waals surface area contributed by atoms with Gasteiger partial charge in [0, 0.05) is 38.5 Å². The van der Waals surface area contributed by atoms with Crippen LogP contribution in [0.2, 0.25) is 0 Å². The second-order valence-corrected chi connectivity index (χ2v) is 17.5. The molecule has 0 radical (unpaired) electrons. The zero-order chi connectivity index (χ0) is 35.2. The summed E-state index contributed by atoms with van der Waals surface area (Å²) in [6.45, 7) is 12.9. The van der Waals surface area contributed by atoms with Crippen LogP contribution in [0.5, 0.6) is 0 Å². The second kappa shape index (κ2) is 13.8. The van der Waals surface area contributed by atoms with Crippen LogP contribution in [-0.4, -0.2) is 120 Å². The molecule has 0 amide bonds. The molecule has 19 atom stereocenters. The van der Waals surface area contributed by atoms with Crippen molar-refractivity contribution in [3.8, 4) is 0 Å². The van der Waals surface area contributed by atoms with E-state index in [0.717, 1.165) is 56.1 Å². The van der Waals surface area contributed by atoms with Gasteiger partial charge < -0.3 is 48.1 Å². The van der Waals surface area contributed by atoms with Crippen molar-refractivity contribution in [1.29, 1.82) is 0 Å². The largest absolute Gasteiger partial charge is 0.394 e. The van der Waals surface area contributed by atoms with Crippen LogP contribution in [0.1, 0.15) is 97.3 Å². The number of ketones is 1. The van der Waals surface area contributed by atoms with Crippen LogP contribution in [0.25, 0.3) is 0 Å². The predicted octanol–water partition coefficient (Wildman–Crippen LogP) is 4.09. The number of hydrogen-bond acceptors (Lipinski definition) is 11. The van der Waals surface area contributed by atoms with E-state index in [4.69, 9.17) is 37.9 Å². The maximum atomic E-state index is 14.0. The molecule has 0 aromatic carbocycles. The molecule has 10 aliphatic rings. The molecule has 10 rings (SSSR count). The van der Waals surface area contributed by atoms with Gasteiger partial charge in [0.25, 0.3) is 0 Å². The Morgan fingerprint density at radius 2 is 1.49 bits per heavy atom. The van der Waals surface area contributed by atoms with Crippen LogP contribution >= 0.6 is 0 Å². The molecule has 2 N–H and O–H groups in total. The summed E-state index contributed by atoms with van der Waals surface area (Å²) in [5.74, 6) is -0.367. The third kappa shape index (κ3) is 6.53. The summed E-state index contributed by atoms with van der Waals surface area (Å²) in [6, 6.07) is 0. The van der Waals surface area contributed by atoms with Gasteiger partial charge in [0.1, 0.15) is 36.3 Å². The van der Waals surface area contributed by atoms with Crippen molar-refractivity contribution < 1.29 is 52.9 Å². The van der Waals surface area contributed by atoms with Gasteiger partial charge in [-0.15, -0.1) is 0 Å². The Balaban J connectivity index is 0.986. The summed E-state index contributed by atoms with van der Waals surface area (Å²) in [7, 11) is 0. The summed E-state index contributed by atoms with van der Waals surface area (Å²) in [5.41, 5.74) is 2.22. The lowest BCUT2D eigenvalue weighted by atomic mass is 9.79. The van der Waals surface area contributed by atoms with Crippen molar-refractivity contribution in [3.63, 3.8) is 0 Å².